The number of ether oxygens (including phenoxy) is 1. The normalized spacial score (nSPS) is 11.9. The Labute approximate surface area is 176 Å². The topological polar surface area (TPSA) is 56.1 Å². The van der Waals surface area contributed by atoms with Crippen LogP contribution in [0.4, 0.5) is 0 Å². The molecule has 30 heavy (non-hydrogen) atoms. The Morgan fingerprint density at radius 3 is 2.57 bits per heavy atom. The molecule has 0 saturated carbocycles. The molecule has 2 heterocycles. The minimum atomic E-state index is -0.0641. The van der Waals surface area contributed by atoms with Crippen molar-refractivity contribution < 1.29 is 9.53 Å². The summed E-state index contributed by atoms with van der Waals surface area (Å²) in [6, 6.07) is 22.0. The molecule has 1 unspecified atom stereocenters. The summed E-state index contributed by atoms with van der Waals surface area (Å²) in [4.78, 5) is 17.1. The molecule has 0 spiro atoms. The molecule has 2 aromatic carbocycles. The molecule has 0 aliphatic rings. The zero-order valence-corrected chi connectivity index (χ0v) is 17.2. The number of rotatable bonds is 7. The number of carbonyl (C=O) groups excluding carboxylic acids is 1. The molecule has 0 radical (unpaired) electrons. The van der Waals surface area contributed by atoms with Crippen LogP contribution in [0.15, 0.2) is 79.1 Å². The second-order valence-electron chi connectivity index (χ2n) is 7.34. The molecule has 1 amide bonds. The van der Waals surface area contributed by atoms with Gasteiger partial charge in [-0.15, -0.1) is 0 Å². The van der Waals surface area contributed by atoms with Crippen LogP contribution >= 0.6 is 0 Å². The van der Waals surface area contributed by atoms with Gasteiger partial charge in [-0.25, -0.2) is 0 Å². The van der Waals surface area contributed by atoms with Gasteiger partial charge in [0, 0.05) is 42.7 Å². The predicted octanol–water partition coefficient (Wildman–Crippen LogP) is 4.42. The van der Waals surface area contributed by atoms with Gasteiger partial charge in [0.05, 0.1) is 19.3 Å². The second-order valence-corrected chi connectivity index (χ2v) is 7.34. The van der Waals surface area contributed by atoms with Crippen molar-refractivity contribution in [1.82, 2.24) is 14.9 Å². The number of nitrogens with zero attached hydrogens (tertiary/aromatic N) is 2. The van der Waals surface area contributed by atoms with E-state index in [0.29, 0.717) is 13.0 Å². The molecule has 0 bridgehead atoms. The largest absolute Gasteiger partial charge is 0.497 e. The number of benzene rings is 2. The van der Waals surface area contributed by atoms with E-state index in [-0.39, 0.29) is 11.8 Å². The lowest BCUT2D eigenvalue weighted by Crippen LogP contribution is -2.25. The van der Waals surface area contributed by atoms with E-state index >= 15 is 0 Å². The van der Waals surface area contributed by atoms with Gasteiger partial charge in [-0.2, -0.15) is 0 Å². The van der Waals surface area contributed by atoms with Crippen molar-refractivity contribution in [2.45, 2.75) is 18.9 Å². The average Bonchev–Trinajstić information content (AvgIpc) is 3.13. The fourth-order valence-electron chi connectivity index (χ4n) is 3.84. The van der Waals surface area contributed by atoms with Gasteiger partial charge in [0.1, 0.15) is 5.75 Å². The van der Waals surface area contributed by atoms with Crippen molar-refractivity contribution >= 4 is 16.8 Å². The molecule has 0 aliphatic carbocycles. The summed E-state index contributed by atoms with van der Waals surface area (Å²) >= 11 is 0. The maximum Gasteiger partial charge on any atom is 0.221 e. The number of amides is 1. The number of pyridine rings is 1. The highest BCUT2D eigenvalue weighted by molar-refractivity contribution is 5.86. The maximum atomic E-state index is 12.9. The summed E-state index contributed by atoms with van der Waals surface area (Å²) in [5, 5.41) is 4.18. The summed E-state index contributed by atoms with van der Waals surface area (Å²) in [7, 11) is 3.69. The minimum Gasteiger partial charge on any atom is -0.497 e. The molecule has 2 aromatic heterocycles. The molecule has 0 aliphatic heterocycles. The van der Waals surface area contributed by atoms with Crippen molar-refractivity contribution in [3.8, 4) is 5.75 Å². The summed E-state index contributed by atoms with van der Waals surface area (Å²) < 4.78 is 7.43. The Morgan fingerprint density at radius 1 is 1.07 bits per heavy atom. The lowest BCUT2D eigenvalue weighted by atomic mass is 9.88. The Kier molecular flexibility index (Phi) is 5.80. The van der Waals surface area contributed by atoms with E-state index in [1.54, 1.807) is 13.3 Å². The number of carbonyl (C=O) groups is 1. The molecule has 5 nitrogen and oxygen atoms in total. The Morgan fingerprint density at radius 2 is 1.83 bits per heavy atom. The van der Waals surface area contributed by atoms with Gasteiger partial charge in [0.15, 0.2) is 0 Å². The van der Waals surface area contributed by atoms with E-state index in [1.807, 2.05) is 61.6 Å². The van der Waals surface area contributed by atoms with Crippen molar-refractivity contribution in [3.05, 3.63) is 95.9 Å². The van der Waals surface area contributed by atoms with Crippen molar-refractivity contribution in [2.24, 2.45) is 7.05 Å². The summed E-state index contributed by atoms with van der Waals surface area (Å²) in [6.07, 6.45) is 4.22. The Balaban J connectivity index is 1.64. The van der Waals surface area contributed by atoms with Crippen LogP contribution in [-0.2, 0) is 18.4 Å². The van der Waals surface area contributed by atoms with Gasteiger partial charge < -0.3 is 14.6 Å². The van der Waals surface area contributed by atoms with Gasteiger partial charge in [-0.05, 0) is 41.5 Å². The van der Waals surface area contributed by atoms with Crippen molar-refractivity contribution in [3.63, 3.8) is 0 Å². The molecule has 152 valence electrons. The lowest BCUT2D eigenvalue weighted by Gasteiger charge is -2.18. The first-order chi connectivity index (χ1) is 14.7. The number of hydrogen-bond donors (Lipinski definition) is 1. The van der Waals surface area contributed by atoms with Crippen LogP contribution in [0.3, 0.4) is 0 Å². The molecular weight excluding hydrogens is 374 g/mol. The van der Waals surface area contributed by atoms with E-state index in [9.17, 15) is 4.79 Å². The van der Waals surface area contributed by atoms with Gasteiger partial charge in [0.2, 0.25) is 5.91 Å². The standard InChI is InChI=1S/C25H25N3O2/c1-28-17-23(21-8-3-4-9-24(21)28)22(18-10-12-20(30-2)13-11-18)15-25(29)27-16-19-7-5-6-14-26-19/h3-14,17,22H,15-16H2,1-2H3,(H,27,29). The van der Waals surface area contributed by atoms with E-state index in [0.717, 1.165) is 28.1 Å². The average molecular weight is 399 g/mol. The molecular formula is C25H25N3O2. The van der Waals surface area contributed by atoms with Gasteiger partial charge in [-0.1, -0.05) is 36.4 Å². The first kappa shape index (κ1) is 19.7. The zero-order valence-electron chi connectivity index (χ0n) is 17.2. The molecule has 4 aromatic rings. The van der Waals surface area contributed by atoms with Gasteiger partial charge >= 0.3 is 0 Å². The Bertz CT molecular complexity index is 1130. The molecule has 0 saturated heterocycles. The van der Waals surface area contributed by atoms with Crippen molar-refractivity contribution in [1.29, 1.82) is 0 Å². The lowest BCUT2D eigenvalue weighted by molar-refractivity contribution is -0.121. The van der Waals surface area contributed by atoms with Gasteiger partial charge in [-0.3, -0.25) is 9.78 Å². The van der Waals surface area contributed by atoms with Crippen molar-refractivity contribution in [2.75, 3.05) is 7.11 Å². The smallest absolute Gasteiger partial charge is 0.221 e. The molecule has 1 atom stereocenters. The first-order valence-electron chi connectivity index (χ1n) is 10.00. The number of hydrogen-bond acceptors (Lipinski definition) is 3. The van der Waals surface area contributed by atoms with E-state index in [2.05, 4.69) is 33.2 Å². The highest BCUT2D eigenvalue weighted by Crippen LogP contribution is 2.35. The highest BCUT2D eigenvalue weighted by atomic mass is 16.5. The first-order valence-corrected chi connectivity index (χ1v) is 10.00. The third-order valence-corrected chi connectivity index (χ3v) is 5.40. The van der Waals surface area contributed by atoms with E-state index in [1.165, 1.54) is 5.39 Å². The third-order valence-electron chi connectivity index (χ3n) is 5.40. The second kappa shape index (κ2) is 8.82. The molecule has 0 fully saturated rings. The zero-order chi connectivity index (χ0) is 20.9. The monoisotopic (exact) mass is 399 g/mol. The van der Waals surface area contributed by atoms with Crippen LogP contribution in [0, 0.1) is 0 Å². The molecule has 1 N–H and O–H groups in total. The third kappa shape index (κ3) is 4.20. The number of fused-ring (bicyclic) bond motifs is 1. The quantitative estimate of drug-likeness (QED) is 0.500. The van der Waals surface area contributed by atoms with Crippen LogP contribution in [0.25, 0.3) is 10.9 Å². The number of aromatic nitrogens is 2. The summed E-state index contributed by atoms with van der Waals surface area (Å²) in [5.74, 6) is 0.732. The van der Waals surface area contributed by atoms with Gasteiger partial charge in [0.25, 0.3) is 0 Å². The van der Waals surface area contributed by atoms with Crippen LogP contribution in [-0.4, -0.2) is 22.6 Å². The number of para-hydroxylation sites is 1. The summed E-state index contributed by atoms with van der Waals surface area (Å²) in [6.45, 7) is 0.421. The highest BCUT2D eigenvalue weighted by Gasteiger charge is 2.22. The fraction of sp³-hybridized carbons (Fsp3) is 0.200. The maximum absolute atomic E-state index is 12.9. The van der Waals surface area contributed by atoms with Crippen LogP contribution in [0.2, 0.25) is 0 Å². The SMILES string of the molecule is COc1ccc(C(CC(=O)NCc2ccccn2)c2cn(C)c3ccccc23)cc1. The van der Waals surface area contributed by atoms with Crippen LogP contribution < -0.4 is 10.1 Å². The molecule has 5 heteroatoms. The Hall–Kier alpha value is -3.60. The van der Waals surface area contributed by atoms with E-state index < -0.39 is 0 Å². The van der Waals surface area contributed by atoms with Crippen LogP contribution in [0.5, 0.6) is 5.75 Å². The predicted molar refractivity (Wildman–Crippen MR) is 118 cm³/mol. The number of methoxy groups -OCH3 is 1. The van der Waals surface area contributed by atoms with Crippen LogP contribution in [0.1, 0.15) is 29.2 Å². The molecule has 4 rings (SSSR count). The van der Waals surface area contributed by atoms with E-state index in [4.69, 9.17) is 4.74 Å². The minimum absolute atomic E-state index is 0.00518. The fourth-order valence-corrected chi connectivity index (χ4v) is 3.84. The summed E-state index contributed by atoms with van der Waals surface area (Å²) in [5.41, 5.74) is 4.23. The number of aryl methyl sites for hydroxylation is 1. The number of nitrogens with one attached hydrogen (secondary N) is 1.